The van der Waals surface area contributed by atoms with Gasteiger partial charge in [0.2, 0.25) is 6.29 Å². The number of hydrogen-bond donors (Lipinski definition) is 6. The van der Waals surface area contributed by atoms with Crippen molar-refractivity contribution in [2.75, 3.05) is 118 Å². The number of aldehydes is 1. The van der Waals surface area contributed by atoms with Gasteiger partial charge in [-0.1, -0.05) is 12.1 Å². The molecule has 24 heteroatoms. The Balaban J connectivity index is -0.000000456. The van der Waals surface area contributed by atoms with Crippen molar-refractivity contribution in [3.8, 4) is 17.2 Å². The summed E-state index contributed by atoms with van der Waals surface area (Å²) in [6.07, 6.45) is -5.70. The van der Waals surface area contributed by atoms with Gasteiger partial charge in [0.1, 0.15) is 28.5 Å². The molecule has 2 aromatic carbocycles. The molecule has 0 atom stereocenters. The Kier molecular flexibility index (Phi) is 37.8. The van der Waals surface area contributed by atoms with Crippen LogP contribution in [0.25, 0.3) is 0 Å². The number of rotatable bonds is 11. The number of hydrogen-bond acceptors (Lipinski definition) is 17. The number of ether oxygens (including phenoxy) is 3. The summed E-state index contributed by atoms with van der Waals surface area (Å²) in [6, 6.07) is 13.6. The number of aliphatic hydroxyl groups excluding tert-OH is 1. The van der Waals surface area contributed by atoms with E-state index in [9.17, 15) is 37.5 Å². The average Bonchev–Trinajstić information content (AvgIpc) is 3.38. The Morgan fingerprint density at radius 2 is 0.929 bits per heavy atom. The van der Waals surface area contributed by atoms with E-state index in [4.69, 9.17) is 39.4 Å². The largest absolute Gasteiger partial charge is 1.00 e. The quantitative estimate of drug-likeness (QED) is 0.0966. The second kappa shape index (κ2) is 37.7. The number of aliphatic carboxylic acids is 2. The number of phenols is 2. The fourth-order valence-electron chi connectivity index (χ4n) is 6.02. The van der Waals surface area contributed by atoms with Gasteiger partial charge in [-0.25, -0.2) is 0 Å². The van der Waals surface area contributed by atoms with E-state index in [1.54, 1.807) is 50.4 Å². The summed E-state index contributed by atoms with van der Waals surface area (Å²) in [5.41, 5.74) is 0.0988. The van der Waals surface area contributed by atoms with Crippen LogP contribution in [0, 0.1) is 0 Å². The summed E-state index contributed by atoms with van der Waals surface area (Å²) in [6.45, 7) is 22.5. The molecule has 19 nitrogen and oxygen atoms in total. The van der Waals surface area contributed by atoms with Gasteiger partial charge in [0.15, 0.2) is 0 Å². The number of carbonyl (C=O) groups is 5. The predicted octanol–water partition coefficient (Wildman–Crippen LogP) is -0.259. The number of nitrogens with one attached hydrogen (secondary N) is 1. The Bertz CT molecular complexity index is 1680. The fourth-order valence-corrected chi connectivity index (χ4v) is 6.02. The normalized spacial score (nSPS) is 15.6. The molecule has 6 N–H and O–H groups in total. The van der Waals surface area contributed by atoms with E-state index in [-0.39, 0.29) is 95.6 Å². The number of phenolic OH excluding ortho intramolecular Hbond substituents is 2. The van der Waals surface area contributed by atoms with Gasteiger partial charge in [-0.3, -0.25) is 48.5 Å². The number of esters is 2. The van der Waals surface area contributed by atoms with Gasteiger partial charge in [0, 0.05) is 100 Å². The first-order chi connectivity index (χ1) is 31.7. The maximum Gasteiger partial charge on any atom is 1.00 e. The molecule has 2 saturated heterocycles. The van der Waals surface area contributed by atoms with Crippen LogP contribution in [0.5, 0.6) is 17.2 Å². The smallest absolute Gasteiger partial charge is 1.00 e. The summed E-state index contributed by atoms with van der Waals surface area (Å²) < 4.78 is 46.9. The molecule has 0 spiro atoms. The topological polar surface area (TPSA) is 242 Å². The zero-order chi connectivity index (χ0) is 51.9. The van der Waals surface area contributed by atoms with Crippen molar-refractivity contribution in [2.24, 2.45) is 0 Å². The van der Waals surface area contributed by atoms with E-state index >= 15 is 0 Å². The molecule has 0 aromatic heterocycles. The zero-order valence-corrected chi connectivity index (χ0v) is 44.4. The molecule has 2 heterocycles. The van der Waals surface area contributed by atoms with Crippen molar-refractivity contribution < 1.29 is 108 Å². The summed E-state index contributed by atoms with van der Waals surface area (Å²) in [4.78, 5) is 64.9. The van der Waals surface area contributed by atoms with Gasteiger partial charge < -0.3 is 46.5 Å². The maximum absolute atomic E-state index is 12.1. The van der Waals surface area contributed by atoms with Crippen molar-refractivity contribution in [3.05, 3.63) is 54.1 Å². The number of methoxy groups -OCH3 is 1. The number of halogens is 3. The molecule has 2 aromatic rings. The Morgan fingerprint density at radius 3 is 1.21 bits per heavy atom. The molecule has 0 aliphatic carbocycles. The van der Waals surface area contributed by atoms with Crippen LogP contribution in [0.1, 0.15) is 55.5 Å². The number of alkyl halides is 3. The molecule has 4 rings (SSSR count). The molecular formula is C46H76BF3N6NaO13. The summed E-state index contributed by atoms with van der Waals surface area (Å²) in [5.74, 6) is -0.962. The number of aliphatic hydroxyl groups is 1. The Labute approximate surface area is 436 Å². The molecule has 393 valence electrons. The van der Waals surface area contributed by atoms with E-state index < -0.39 is 35.6 Å². The van der Waals surface area contributed by atoms with Crippen LogP contribution in [-0.4, -0.2) is 224 Å². The van der Waals surface area contributed by atoms with Gasteiger partial charge in [0.05, 0.1) is 33.3 Å². The first-order valence-electron chi connectivity index (χ1n) is 22.1. The van der Waals surface area contributed by atoms with E-state index in [2.05, 4.69) is 20.0 Å². The summed E-state index contributed by atoms with van der Waals surface area (Å²) in [5, 5.41) is 47.2. The Hall–Kier alpha value is -4.04. The van der Waals surface area contributed by atoms with E-state index in [1.165, 1.54) is 0 Å². The molecular weight excluding hydrogens is 935 g/mol. The van der Waals surface area contributed by atoms with E-state index in [0.717, 1.165) is 37.5 Å². The minimum absolute atomic E-state index is 0. The van der Waals surface area contributed by atoms with Crippen LogP contribution in [0.2, 0.25) is 0 Å². The fraction of sp³-hybridized carbons (Fsp3) is 0.630. The van der Waals surface area contributed by atoms with E-state index in [1.807, 2.05) is 63.5 Å². The zero-order valence-electron chi connectivity index (χ0n) is 43.4. The number of carboxylic acids is 2. The van der Waals surface area contributed by atoms with Gasteiger partial charge >= 0.3 is 59.6 Å². The monoisotopic (exact) mass is 1010 g/mol. The third-order valence-electron chi connectivity index (χ3n) is 8.95. The van der Waals surface area contributed by atoms with Crippen LogP contribution in [-0.2, 0) is 40.0 Å². The predicted molar refractivity (Wildman–Crippen MR) is 255 cm³/mol. The van der Waals surface area contributed by atoms with E-state index in [0.29, 0.717) is 58.9 Å². The molecule has 2 aliphatic rings. The first kappa shape index (κ1) is 70.2. The van der Waals surface area contributed by atoms with Crippen molar-refractivity contribution in [3.63, 3.8) is 0 Å². The number of benzene rings is 2. The second-order valence-electron chi connectivity index (χ2n) is 17.4. The molecule has 0 bridgehead atoms. The molecule has 2 fully saturated rings. The van der Waals surface area contributed by atoms with Crippen molar-refractivity contribution in [2.45, 2.75) is 72.4 Å². The minimum Gasteiger partial charge on any atom is -1.00 e. The Morgan fingerprint density at radius 1 is 0.629 bits per heavy atom. The molecule has 0 saturated carbocycles. The molecule has 0 amide bonds. The summed E-state index contributed by atoms with van der Waals surface area (Å²) >= 11 is 0. The van der Waals surface area contributed by atoms with Crippen molar-refractivity contribution >= 4 is 38.6 Å². The van der Waals surface area contributed by atoms with Gasteiger partial charge in [0.25, 0.3) is 0 Å². The molecule has 70 heavy (non-hydrogen) atoms. The number of aromatic hydroxyl groups is 2. The summed E-state index contributed by atoms with van der Waals surface area (Å²) in [7, 11) is 1.59. The van der Waals surface area contributed by atoms with Crippen molar-refractivity contribution in [1.82, 2.24) is 29.8 Å². The number of nitrogens with zero attached hydrogens (tertiary/aromatic N) is 5. The maximum atomic E-state index is 12.1. The SMILES string of the molecule is CC(C)(C)OC(=O)CN1CCNCCN(CC(=O)OC(C)(C)C)CC1.CCO.COc1ccc(O)cc1.O=C(O)CN1CCN(CC(=O)O)CCN(Cc2ccc(O)cc2)CC1.O=CC(F)(F)F.[B].[H-].[Na+]. The van der Waals surface area contributed by atoms with Crippen LogP contribution < -0.4 is 39.6 Å². The van der Waals surface area contributed by atoms with Crippen LogP contribution in [0.4, 0.5) is 13.2 Å². The minimum atomic E-state index is -4.64. The van der Waals surface area contributed by atoms with Gasteiger partial charge in [-0.2, -0.15) is 13.2 Å². The standard InChI is InChI=1S/C18H35N3O4.C17H25N3O5.C7H8O2.C2HF3O.C2H6O.B.Na.H/c1-17(2,3)24-15(22)13-20-9-7-19-8-10-21(12-11-20)14-16(23)25-18(4,5)6;21-15-3-1-14(2-4-15)11-18-5-7-19(12-16(22)23)9-10-20(8-6-18)13-17(24)25;1-9-7-4-2-6(8)3-5-7;3-2(4,5)1-6;1-2-3;;;/h19H,7-14H2,1-6H3;1-4,21H,5-13H2,(H,22,23)(H,24,25);2-5,8H,1H3;1H;3H,2H2,1H3;;;/q;;;;;;+1;-1. The average molecular weight is 1010 g/mol. The molecule has 0 unspecified atom stereocenters. The van der Waals surface area contributed by atoms with Crippen LogP contribution >= 0.6 is 0 Å². The third kappa shape index (κ3) is 40.7. The second-order valence-corrected chi connectivity index (χ2v) is 17.4. The number of carboxylic acid groups (broad SMARTS) is 2. The van der Waals surface area contributed by atoms with Gasteiger partial charge in [-0.15, -0.1) is 0 Å². The third-order valence-corrected chi connectivity index (χ3v) is 8.95. The first-order valence-corrected chi connectivity index (χ1v) is 22.1. The van der Waals surface area contributed by atoms with Gasteiger partial charge in [-0.05, 0) is 90.4 Å². The number of carbonyl (C=O) groups excluding carboxylic acids is 3. The molecule has 3 radical (unpaired) electrons. The van der Waals surface area contributed by atoms with Crippen LogP contribution in [0.3, 0.4) is 0 Å². The van der Waals surface area contributed by atoms with Crippen molar-refractivity contribution in [1.29, 1.82) is 0 Å². The van der Waals surface area contributed by atoms with Crippen LogP contribution in [0.15, 0.2) is 48.5 Å². The molecule has 2 aliphatic heterocycles.